The van der Waals surface area contributed by atoms with Crippen LogP contribution in [0.25, 0.3) is 0 Å². The van der Waals surface area contributed by atoms with Crippen molar-refractivity contribution in [2.75, 3.05) is 13.1 Å². The van der Waals surface area contributed by atoms with Gasteiger partial charge in [0, 0.05) is 25.6 Å². The summed E-state index contributed by atoms with van der Waals surface area (Å²) in [5.74, 6) is 0. The number of hydrogen-bond donors (Lipinski definition) is 2. The number of hydrogen-bond acceptors (Lipinski definition) is 2. The highest BCUT2D eigenvalue weighted by atomic mass is 32.1. The van der Waals surface area contributed by atoms with Crippen molar-refractivity contribution in [3.63, 3.8) is 0 Å². The third kappa shape index (κ3) is 6.61. The molecule has 94 valence electrons. The van der Waals surface area contributed by atoms with Crippen molar-refractivity contribution in [1.29, 1.82) is 0 Å². The highest BCUT2D eigenvalue weighted by molar-refractivity contribution is 7.80. The Labute approximate surface area is 104 Å². The molecule has 16 heavy (non-hydrogen) atoms. The van der Waals surface area contributed by atoms with Crippen LogP contribution in [0.1, 0.15) is 40.0 Å². The summed E-state index contributed by atoms with van der Waals surface area (Å²) in [5, 5.41) is 2.89. The highest BCUT2D eigenvalue weighted by Crippen LogP contribution is 2.01. The topological polar surface area (TPSA) is 58.4 Å². The number of rotatable bonds is 7. The van der Waals surface area contributed by atoms with Crippen LogP contribution < -0.4 is 11.1 Å². The van der Waals surface area contributed by atoms with Crippen molar-refractivity contribution in [1.82, 2.24) is 10.2 Å². The molecule has 0 aromatic heterocycles. The molecule has 0 aromatic carbocycles. The van der Waals surface area contributed by atoms with E-state index in [4.69, 9.17) is 18.0 Å². The van der Waals surface area contributed by atoms with Crippen molar-refractivity contribution in [2.45, 2.75) is 46.1 Å². The lowest BCUT2D eigenvalue weighted by atomic mass is 10.3. The van der Waals surface area contributed by atoms with E-state index in [1.54, 1.807) is 4.90 Å². The van der Waals surface area contributed by atoms with E-state index in [0.717, 1.165) is 19.4 Å². The Kier molecular flexibility index (Phi) is 7.89. The average molecular weight is 245 g/mol. The van der Waals surface area contributed by atoms with Gasteiger partial charge < -0.3 is 16.0 Å². The molecule has 0 saturated carbocycles. The van der Waals surface area contributed by atoms with Crippen molar-refractivity contribution < 1.29 is 4.79 Å². The molecule has 0 atom stereocenters. The molecule has 0 unspecified atom stereocenters. The third-order valence-corrected chi connectivity index (χ3v) is 2.49. The third-order valence-electron chi connectivity index (χ3n) is 2.29. The van der Waals surface area contributed by atoms with Crippen molar-refractivity contribution in [3.8, 4) is 0 Å². The summed E-state index contributed by atoms with van der Waals surface area (Å²) in [7, 11) is 0. The predicted molar refractivity (Wildman–Crippen MR) is 71.6 cm³/mol. The maximum Gasteiger partial charge on any atom is 0.317 e. The fraction of sp³-hybridized carbons (Fsp3) is 0.818. The number of nitrogens with zero attached hydrogens (tertiary/aromatic N) is 1. The zero-order valence-corrected chi connectivity index (χ0v) is 11.3. The lowest BCUT2D eigenvalue weighted by Crippen LogP contribution is -2.45. The van der Waals surface area contributed by atoms with Crippen LogP contribution in [0.3, 0.4) is 0 Å². The molecule has 0 spiro atoms. The molecule has 0 saturated heterocycles. The molecule has 5 heteroatoms. The molecule has 0 fully saturated rings. The Morgan fingerprint density at radius 3 is 2.56 bits per heavy atom. The second-order valence-corrected chi connectivity index (χ2v) is 4.61. The van der Waals surface area contributed by atoms with E-state index in [1.807, 2.05) is 13.8 Å². The van der Waals surface area contributed by atoms with E-state index in [2.05, 4.69) is 12.2 Å². The summed E-state index contributed by atoms with van der Waals surface area (Å²) < 4.78 is 0. The number of amides is 2. The monoisotopic (exact) mass is 245 g/mol. The maximum atomic E-state index is 11.8. The summed E-state index contributed by atoms with van der Waals surface area (Å²) in [6.07, 6.45) is 2.66. The van der Waals surface area contributed by atoms with Gasteiger partial charge in [0.25, 0.3) is 0 Å². The van der Waals surface area contributed by atoms with Crippen LogP contribution in [0.4, 0.5) is 4.79 Å². The van der Waals surface area contributed by atoms with Gasteiger partial charge in [-0.15, -0.1) is 0 Å². The number of thiocarbonyl (C=S) groups is 1. The molecule has 0 heterocycles. The van der Waals surface area contributed by atoms with Gasteiger partial charge in [-0.3, -0.25) is 0 Å². The minimum absolute atomic E-state index is 0.0281. The number of carbonyl (C=O) groups is 1. The molecule has 0 aromatic rings. The minimum Gasteiger partial charge on any atom is -0.393 e. The Morgan fingerprint density at radius 1 is 1.50 bits per heavy atom. The Balaban J connectivity index is 4.08. The quantitative estimate of drug-likeness (QED) is 0.532. The zero-order valence-electron chi connectivity index (χ0n) is 10.5. The van der Waals surface area contributed by atoms with Gasteiger partial charge in [-0.2, -0.15) is 0 Å². The van der Waals surface area contributed by atoms with E-state index < -0.39 is 0 Å². The SMILES string of the molecule is CCCCNC(=O)N(CCC(N)=S)C(C)C. The standard InChI is InChI=1S/C11H23N3OS/c1-4-5-7-13-11(15)14(9(2)3)8-6-10(12)16/h9H,4-8H2,1-3H3,(H2,12,16)(H,13,15). The Morgan fingerprint density at radius 2 is 2.12 bits per heavy atom. The highest BCUT2D eigenvalue weighted by Gasteiger charge is 2.15. The lowest BCUT2D eigenvalue weighted by molar-refractivity contribution is 0.185. The van der Waals surface area contributed by atoms with Gasteiger partial charge in [-0.25, -0.2) is 4.79 Å². The van der Waals surface area contributed by atoms with Gasteiger partial charge in [0.2, 0.25) is 0 Å². The fourth-order valence-corrected chi connectivity index (χ4v) is 1.39. The summed E-state index contributed by atoms with van der Waals surface area (Å²) in [6, 6.07) is 0.135. The zero-order chi connectivity index (χ0) is 12.6. The number of urea groups is 1. The number of nitrogens with one attached hydrogen (secondary N) is 1. The minimum atomic E-state index is -0.0281. The van der Waals surface area contributed by atoms with Crippen LogP contribution in [0.5, 0.6) is 0 Å². The molecule has 0 aliphatic carbocycles. The lowest BCUT2D eigenvalue weighted by Gasteiger charge is -2.26. The van der Waals surface area contributed by atoms with Crippen LogP contribution in [-0.4, -0.2) is 35.1 Å². The van der Waals surface area contributed by atoms with E-state index in [0.29, 0.717) is 18.0 Å². The molecule has 0 aliphatic heterocycles. The molecule has 2 amide bonds. The van der Waals surface area contributed by atoms with E-state index in [-0.39, 0.29) is 12.1 Å². The second kappa shape index (κ2) is 8.33. The predicted octanol–water partition coefficient (Wildman–Crippen LogP) is 1.88. The first-order valence-corrected chi connectivity index (χ1v) is 6.22. The van der Waals surface area contributed by atoms with Crippen LogP contribution in [0.15, 0.2) is 0 Å². The molecule has 0 radical (unpaired) electrons. The summed E-state index contributed by atoms with van der Waals surface area (Å²) in [4.78, 5) is 14.0. The molecular formula is C11H23N3OS. The molecule has 0 bridgehead atoms. The first kappa shape index (κ1) is 15.2. The fourth-order valence-electron chi connectivity index (χ4n) is 1.30. The molecule has 0 rings (SSSR count). The largest absolute Gasteiger partial charge is 0.393 e. The Hall–Kier alpha value is -0.840. The number of unbranched alkanes of at least 4 members (excludes halogenated alkanes) is 1. The van der Waals surface area contributed by atoms with Gasteiger partial charge in [0.05, 0.1) is 4.99 Å². The van der Waals surface area contributed by atoms with Gasteiger partial charge in [-0.1, -0.05) is 25.6 Å². The maximum absolute atomic E-state index is 11.8. The molecule has 3 N–H and O–H groups in total. The van der Waals surface area contributed by atoms with Crippen LogP contribution >= 0.6 is 12.2 Å². The van der Waals surface area contributed by atoms with Crippen molar-refractivity contribution in [2.24, 2.45) is 5.73 Å². The molecular weight excluding hydrogens is 222 g/mol. The van der Waals surface area contributed by atoms with Gasteiger partial charge in [0.1, 0.15) is 0 Å². The summed E-state index contributed by atoms with van der Waals surface area (Å²) in [6.45, 7) is 7.38. The van der Waals surface area contributed by atoms with Crippen LogP contribution in [0, 0.1) is 0 Å². The van der Waals surface area contributed by atoms with Gasteiger partial charge in [-0.05, 0) is 20.3 Å². The Bertz CT molecular complexity index is 231. The first-order valence-electron chi connectivity index (χ1n) is 5.81. The smallest absolute Gasteiger partial charge is 0.317 e. The normalized spacial score (nSPS) is 10.2. The van der Waals surface area contributed by atoms with Crippen LogP contribution in [0.2, 0.25) is 0 Å². The van der Waals surface area contributed by atoms with Crippen molar-refractivity contribution >= 4 is 23.2 Å². The molecule has 0 aliphatic rings. The second-order valence-electron chi connectivity index (χ2n) is 4.09. The van der Waals surface area contributed by atoms with Gasteiger partial charge >= 0.3 is 6.03 Å². The number of nitrogens with two attached hydrogens (primary N) is 1. The number of carbonyl (C=O) groups excluding carboxylic acids is 1. The summed E-state index contributed by atoms with van der Waals surface area (Å²) in [5.41, 5.74) is 5.44. The van der Waals surface area contributed by atoms with Gasteiger partial charge in [0.15, 0.2) is 0 Å². The van der Waals surface area contributed by atoms with E-state index in [1.165, 1.54) is 0 Å². The van der Waals surface area contributed by atoms with Crippen LogP contribution in [-0.2, 0) is 0 Å². The first-order chi connectivity index (χ1) is 7.49. The van der Waals surface area contributed by atoms with E-state index in [9.17, 15) is 4.79 Å². The van der Waals surface area contributed by atoms with Crippen molar-refractivity contribution in [3.05, 3.63) is 0 Å². The molecule has 4 nitrogen and oxygen atoms in total. The average Bonchev–Trinajstić information content (AvgIpc) is 2.17. The summed E-state index contributed by atoms with van der Waals surface area (Å²) >= 11 is 4.81. The van der Waals surface area contributed by atoms with E-state index >= 15 is 0 Å².